The fourth-order valence-corrected chi connectivity index (χ4v) is 2.93. The molecule has 1 fully saturated rings. The van der Waals surface area contributed by atoms with E-state index in [4.69, 9.17) is 5.11 Å². The summed E-state index contributed by atoms with van der Waals surface area (Å²) in [6.45, 7) is 1.94. The van der Waals surface area contributed by atoms with Crippen molar-refractivity contribution in [2.24, 2.45) is 5.92 Å². The molecule has 0 saturated heterocycles. The first-order valence-electron chi connectivity index (χ1n) is 7.04. The zero-order valence-corrected chi connectivity index (χ0v) is 11.7. The molecule has 2 heterocycles. The molecule has 110 valence electrons. The van der Waals surface area contributed by atoms with E-state index in [0.717, 1.165) is 12.1 Å². The molecule has 0 spiro atoms. The molecule has 2 aromatic heterocycles. The number of aromatic nitrogens is 2. The van der Waals surface area contributed by atoms with Crippen molar-refractivity contribution in [1.29, 1.82) is 0 Å². The van der Waals surface area contributed by atoms with Crippen LogP contribution in [-0.2, 0) is 4.79 Å². The molecule has 6 nitrogen and oxygen atoms in total. The molecular formula is C15H17N3O3. The Balaban J connectivity index is 1.81. The van der Waals surface area contributed by atoms with E-state index < -0.39 is 11.9 Å². The molecule has 1 amide bonds. The lowest BCUT2D eigenvalue weighted by Crippen LogP contribution is -2.40. The number of amides is 1. The van der Waals surface area contributed by atoms with Gasteiger partial charge in [-0.25, -0.2) is 4.98 Å². The Bertz CT molecular complexity index is 707. The molecule has 21 heavy (non-hydrogen) atoms. The first-order chi connectivity index (χ1) is 10.1. The second-order valence-corrected chi connectivity index (χ2v) is 5.48. The highest BCUT2D eigenvalue weighted by Gasteiger charge is 2.34. The van der Waals surface area contributed by atoms with Crippen molar-refractivity contribution in [3.63, 3.8) is 0 Å². The van der Waals surface area contributed by atoms with Gasteiger partial charge >= 0.3 is 5.97 Å². The van der Waals surface area contributed by atoms with Crippen LogP contribution in [0.5, 0.6) is 0 Å². The van der Waals surface area contributed by atoms with Gasteiger partial charge in [0.1, 0.15) is 11.3 Å². The van der Waals surface area contributed by atoms with Crippen molar-refractivity contribution < 1.29 is 14.7 Å². The lowest BCUT2D eigenvalue weighted by Gasteiger charge is -2.16. The van der Waals surface area contributed by atoms with Gasteiger partial charge in [-0.15, -0.1) is 0 Å². The van der Waals surface area contributed by atoms with Crippen LogP contribution in [0.15, 0.2) is 24.4 Å². The van der Waals surface area contributed by atoms with Gasteiger partial charge < -0.3 is 14.8 Å². The van der Waals surface area contributed by atoms with E-state index in [2.05, 4.69) is 10.3 Å². The number of aliphatic carboxylic acids is 1. The highest BCUT2D eigenvalue weighted by molar-refractivity contribution is 5.93. The molecule has 2 aromatic rings. The average Bonchev–Trinajstić information content (AvgIpc) is 3.05. The number of carbonyl (C=O) groups excluding carboxylic acids is 1. The maximum absolute atomic E-state index is 12.3. The number of nitrogens with zero attached hydrogens (tertiary/aromatic N) is 2. The number of nitrogens with one attached hydrogen (secondary N) is 1. The predicted octanol–water partition coefficient (Wildman–Crippen LogP) is 1.63. The molecule has 6 heteroatoms. The van der Waals surface area contributed by atoms with Crippen LogP contribution in [0.3, 0.4) is 0 Å². The monoisotopic (exact) mass is 287 g/mol. The summed E-state index contributed by atoms with van der Waals surface area (Å²) in [6, 6.07) is 5.35. The molecule has 1 aliphatic rings. The van der Waals surface area contributed by atoms with Gasteiger partial charge in [0.25, 0.3) is 5.91 Å². The smallest absolute Gasteiger partial charge is 0.308 e. The quantitative estimate of drug-likeness (QED) is 0.898. The molecule has 2 atom stereocenters. The average molecular weight is 287 g/mol. The summed E-state index contributed by atoms with van der Waals surface area (Å²) in [6.07, 6.45) is 3.83. The fraction of sp³-hybridized carbons (Fsp3) is 0.400. The molecule has 0 aliphatic heterocycles. The summed E-state index contributed by atoms with van der Waals surface area (Å²) < 4.78 is 1.85. The summed E-state index contributed by atoms with van der Waals surface area (Å²) in [5.41, 5.74) is 2.02. The van der Waals surface area contributed by atoms with Crippen molar-refractivity contribution in [3.05, 3.63) is 35.8 Å². The normalized spacial score (nSPS) is 21.6. The van der Waals surface area contributed by atoms with Crippen molar-refractivity contribution in [3.8, 4) is 0 Å². The predicted molar refractivity (Wildman–Crippen MR) is 76.2 cm³/mol. The zero-order valence-electron chi connectivity index (χ0n) is 11.7. The zero-order chi connectivity index (χ0) is 15.0. The van der Waals surface area contributed by atoms with E-state index in [-0.39, 0.29) is 11.9 Å². The van der Waals surface area contributed by atoms with Crippen molar-refractivity contribution >= 4 is 17.5 Å². The molecule has 0 aromatic carbocycles. The molecule has 1 saturated carbocycles. The van der Waals surface area contributed by atoms with Crippen LogP contribution in [0.2, 0.25) is 0 Å². The lowest BCUT2D eigenvalue weighted by atomic mass is 10.0. The van der Waals surface area contributed by atoms with Gasteiger partial charge in [-0.3, -0.25) is 9.59 Å². The lowest BCUT2D eigenvalue weighted by molar-refractivity contribution is -0.142. The summed E-state index contributed by atoms with van der Waals surface area (Å²) in [4.78, 5) is 27.7. The number of rotatable bonds is 3. The number of pyridine rings is 1. The third kappa shape index (κ3) is 2.49. The fourth-order valence-electron chi connectivity index (χ4n) is 2.93. The number of carbonyl (C=O) groups is 2. The summed E-state index contributed by atoms with van der Waals surface area (Å²) >= 11 is 0. The number of fused-ring (bicyclic) bond motifs is 1. The minimum atomic E-state index is -0.844. The highest BCUT2D eigenvalue weighted by atomic mass is 16.4. The van der Waals surface area contributed by atoms with Crippen LogP contribution in [-0.4, -0.2) is 32.4 Å². The number of hydrogen-bond donors (Lipinski definition) is 2. The number of hydrogen-bond acceptors (Lipinski definition) is 3. The van der Waals surface area contributed by atoms with Crippen molar-refractivity contribution in [2.45, 2.75) is 32.2 Å². The van der Waals surface area contributed by atoms with Crippen molar-refractivity contribution in [2.75, 3.05) is 0 Å². The van der Waals surface area contributed by atoms with Gasteiger partial charge in [-0.05, 0) is 31.9 Å². The third-order valence-corrected chi connectivity index (χ3v) is 4.08. The van der Waals surface area contributed by atoms with Gasteiger partial charge in [0.05, 0.1) is 5.92 Å². The Hall–Kier alpha value is -2.37. The van der Waals surface area contributed by atoms with E-state index in [1.807, 2.05) is 29.5 Å². The summed E-state index contributed by atoms with van der Waals surface area (Å²) in [5.74, 6) is -1.65. The second-order valence-electron chi connectivity index (χ2n) is 5.48. The minimum Gasteiger partial charge on any atom is -0.481 e. The molecule has 3 rings (SSSR count). The van der Waals surface area contributed by atoms with E-state index in [0.29, 0.717) is 24.2 Å². The Labute approximate surface area is 121 Å². The van der Waals surface area contributed by atoms with Gasteiger partial charge in [-0.2, -0.15) is 0 Å². The van der Waals surface area contributed by atoms with Crippen LogP contribution >= 0.6 is 0 Å². The van der Waals surface area contributed by atoms with Crippen LogP contribution in [0.4, 0.5) is 0 Å². The first-order valence-corrected chi connectivity index (χ1v) is 7.04. The SMILES string of the molecule is Cc1cccc2nc(C(=O)NC3CCCC3C(=O)O)cn12. The van der Waals surface area contributed by atoms with E-state index in [9.17, 15) is 9.59 Å². The molecule has 0 bridgehead atoms. The number of carboxylic acid groups (broad SMARTS) is 1. The van der Waals surface area contributed by atoms with Crippen LogP contribution in [0, 0.1) is 12.8 Å². The van der Waals surface area contributed by atoms with Gasteiger partial charge in [-0.1, -0.05) is 12.5 Å². The Morgan fingerprint density at radius 3 is 2.90 bits per heavy atom. The Kier molecular flexibility index (Phi) is 3.37. The first kappa shape index (κ1) is 13.6. The van der Waals surface area contributed by atoms with Gasteiger partial charge in [0, 0.05) is 17.9 Å². The van der Waals surface area contributed by atoms with Crippen molar-refractivity contribution in [1.82, 2.24) is 14.7 Å². The maximum Gasteiger partial charge on any atom is 0.308 e. The van der Waals surface area contributed by atoms with E-state index in [1.54, 1.807) is 6.20 Å². The summed E-state index contributed by atoms with van der Waals surface area (Å²) in [7, 11) is 0. The van der Waals surface area contributed by atoms with Crippen LogP contribution < -0.4 is 5.32 Å². The largest absolute Gasteiger partial charge is 0.481 e. The number of aryl methyl sites for hydroxylation is 1. The van der Waals surface area contributed by atoms with E-state index >= 15 is 0 Å². The number of carboxylic acids is 1. The summed E-state index contributed by atoms with van der Waals surface area (Å²) in [5, 5.41) is 12.0. The Morgan fingerprint density at radius 2 is 2.19 bits per heavy atom. The molecule has 2 N–H and O–H groups in total. The molecular weight excluding hydrogens is 270 g/mol. The number of imidazole rings is 1. The topological polar surface area (TPSA) is 83.7 Å². The highest BCUT2D eigenvalue weighted by Crippen LogP contribution is 2.26. The van der Waals surface area contributed by atoms with E-state index in [1.165, 1.54) is 0 Å². The second kappa shape index (κ2) is 5.20. The standard InChI is InChI=1S/C15H17N3O3/c1-9-4-2-7-13-16-12(8-18(9)13)14(19)17-11-6-3-5-10(11)15(20)21/h2,4,7-8,10-11H,3,5-6H2,1H3,(H,17,19)(H,20,21). The minimum absolute atomic E-state index is 0.305. The van der Waals surface area contributed by atoms with Crippen LogP contribution in [0.25, 0.3) is 5.65 Å². The van der Waals surface area contributed by atoms with Gasteiger partial charge in [0.2, 0.25) is 0 Å². The maximum atomic E-state index is 12.3. The Morgan fingerprint density at radius 1 is 1.38 bits per heavy atom. The van der Waals surface area contributed by atoms with Gasteiger partial charge in [0.15, 0.2) is 0 Å². The third-order valence-electron chi connectivity index (χ3n) is 4.08. The molecule has 2 unspecified atom stereocenters. The van der Waals surface area contributed by atoms with Crippen LogP contribution in [0.1, 0.15) is 35.4 Å². The molecule has 1 aliphatic carbocycles. The molecule has 0 radical (unpaired) electrons.